The van der Waals surface area contributed by atoms with E-state index in [1.807, 2.05) is 19.0 Å². The molecule has 5 nitrogen and oxygen atoms in total. The predicted octanol–water partition coefficient (Wildman–Crippen LogP) is 0.839. The van der Waals surface area contributed by atoms with Crippen LogP contribution in [0.1, 0.15) is 29.4 Å². The summed E-state index contributed by atoms with van der Waals surface area (Å²) in [5.74, 6) is 5.26. The molecule has 114 valence electrons. The van der Waals surface area contributed by atoms with Gasteiger partial charge in [-0.2, -0.15) is 0 Å². The molecule has 0 atom stereocenters. The number of carbonyl (C=O) groups excluding carboxylic acids is 1. The van der Waals surface area contributed by atoms with Crippen LogP contribution in [0.3, 0.4) is 0 Å². The minimum absolute atomic E-state index is 0.0552. The maximum atomic E-state index is 12.4. The van der Waals surface area contributed by atoms with Gasteiger partial charge in [-0.1, -0.05) is 18.8 Å². The standard InChI is InChI=1S/C16H23N3O2/c1-4-9-19(11-10-18(2)3)16(21)15-8-7-14(13-17-15)6-5-12-20/h7-8,13,20H,4,9-12H2,1-3H3. The van der Waals surface area contributed by atoms with Gasteiger partial charge in [0.1, 0.15) is 12.3 Å². The van der Waals surface area contributed by atoms with Gasteiger partial charge in [0.05, 0.1) is 0 Å². The zero-order valence-electron chi connectivity index (χ0n) is 13.0. The molecule has 1 aromatic rings. The zero-order valence-corrected chi connectivity index (χ0v) is 13.0. The van der Waals surface area contributed by atoms with Gasteiger partial charge in [0.25, 0.3) is 5.91 Å². The summed E-state index contributed by atoms with van der Waals surface area (Å²) in [4.78, 5) is 20.5. The summed E-state index contributed by atoms with van der Waals surface area (Å²) in [6, 6.07) is 3.43. The van der Waals surface area contributed by atoms with Crippen LogP contribution >= 0.6 is 0 Å². The Balaban J connectivity index is 2.78. The molecule has 0 bridgehead atoms. The Morgan fingerprint density at radius 1 is 1.29 bits per heavy atom. The Hall–Kier alpha value is -1.90. The number of carbonyl (C=O) groups is 1. The number of aliphatic hydroxyl groups is 1. The molecule has 0 aliphatic carbocycles. The molecule has 21 heavy (non-hydrogen) atoms. The number of likely N-dealkylation sites (N-methyl/N-ethyl adjacent to an activating group) is 1. The average molecular weight is 289 g/mol. The normalized spacial score (nSPS) is 10.1. The van der Waals surface area contributed by atoms with Crippen molar-refractivity contribution in [1.82, 2.24) is 14.8 Å². The average Bonchev–Trinajstić information content (AvgIpc) is 2.49. The van der Waals surface area contributed by atoms with Gasteiger partial charge < -0.3 is 14.9 Å². The number of aromatic nitrogens is 1. The molecule has 1 N–H and O–H groups in total. The first-order valence-corrected chi connectivity index (χ1v) is 7.08. The van der Waals surface area contributed by atoms with Gasteiger partial charge in [-0.25, -0.2) is 4.98 Å². The molecule has 0 saturated heterocycles. The third kappa shape index (κ3) is 5.94. The number of rotatable bonds is 6. The SMILES string of the molecule is CCCN(CCN(C)C)C(=O)c1ccc(C#CCO)cn1. The second-order valence-corrected chi connectivity index (χ2v) is 4.99. The lowest BCUT2D eigenvalue weighted by Crippen LogP contribution is -2.37. The summed E-state index contributed by atoms with van der Waals surface area (Å²) in [5.41, 5.74) is 1.12. The molecule has 0 spiro atoms. The van der Waals surface area contributed by atoms with Crippen LogP contribution < -0.4 is 0 Å². The fraction of sp³-hybridized carbons (Fsp3) is 0.500. The van der Waals surface area contributed by atoms with E-state index in [1.165, 1.54) is 0 Å². The van der Waals surface area contributed by atoms with Gasteiger partial charge in [0.2, 0.25) is 0 Å². The third-order valence-electron chi connectivity index (χ3n) is 2.89. The highest BCUT2D eigenvalue weighted by molar-refractivity contribution is 5.92. The Labute approximate surface area is 126 Å². The summed E-state index contributed by atoms with van der Waals surface area (Å²) in [6.07, 6.45) is 2.48. The number of aliphatic hydroxyl groups excluding tert-OH is 1. The van der Waals surface area contributed by atoms with Crippen LogP contribution in [0.2, 0.25) is 0 Å². The predicted molar refractivity (Wildman–Crippen MR) is 82.9 cm³/mol. The van der Waals surface area contributed by atoms with E-state index in [-0.39, 0.29) is 12.5 Å². The molecule has 0 aliphatic heterocycles. The van der Waals surface area contributed by atoms with Gasteiger partial charge in [0, 0.05) is 31.4 Å². The van der Waals surface area contributed by atoms with Crippen molar-refractivity contribution in [1.29, 1.82) is 0 Å². The highest BCUT2D eigenvalue weighted by Gasteiger charge is 2.16. The topological polar surface area (TPSA) is 56.7 Å². The lowest BCUT2D eigenvalue weighted by atomic mass is 10.2. The van der Waals surface area contributed by atoms with E-state index in [0.717, 1.165) is 19.5 Å². The molecule has 0 aliphatic rings. The number of amides is 1. The summed E-state index contributed by atoms with van der Waals surface area (Å²) < 4.78 is 0. The van der Waals surface area contributed by atoms with Crippen molar-refractivity contribution in [2.24, 2.45) is 0 Å². The number of nitrogens with zero attached hydrogens (tertiary/aromatic N) is 3. The highest BCUT2D eigenvalue weighted by Crippen LogP contribution is 2.05. The summed E-state index contributed by atoms with van der Waals surface area (Å²) in [5, 5.41) is 8.65. The Bertz CT molecular complexity index is 500. The Kier molecular flexibility index (Phi) is 7.44. The van der Waals surface area contributed by atoms with E-state index >= 15 is 0 Å². The van der Waals surface area contributed by atoms with E-state index < -0.39 is 0 Å². The first-order chi connectivity index (χ1) is 10.1. The quantitative estimate of drug-likeness (QED) is 0.789. The van der Waals surface area contributed by atoms with E-state index in [4.69, 9.17) is 5.11 Å². The molecule has 5 heteroatoms. The molecule has 1 rings (SSSR count). The minimum Gasteiger partial charge on any atom is -0.384 e. The molecule has 0 fully saturated rings. The summed E-state index contributed by atoms with van der Waals surface area (Å²) >= 11 is 0. The molecular weight excluding hydrogens is 266 g/mol. The molecule has 1 amide bonds. The van der Waals surface area contributed by atoms with E-state index in [0.29, 0.717) is 17.8 Å². The van der Waals surface area contributed by atoms with Crippen LogP contribution in [-0.2, 0) is 0 Å². The second-order valence-electron chi connectivity index (χ2n) is 4.99. The van der Waals surface area contributed by atoms with Crippen molar-refractivity contribution in [2.45, 2.75) is 13.3 Å². The van der Waals surface area contributed by atoms with Crippen molar-refractivity contribution >= 4 is 5.91 Å². The molecule has 1 aromatic heterocycles. The molecule has 0 unspecified atom stereocenters. The van der Waals surface area contributed by atoms with Crippen molar-refractivity contribution in [3.63, 3.8) is 0 Å². The number of hydrogen-bond donors (Lipinski definition) is 1. The van der Waals surface area contributed by atoms with Crippen LogP contribution in [0.4, 0.5) is 0 Å². The largest absolute Gasteiger partial charge is 0.384 e. The smallest absolute Gasteiger partial charge is 0.272 e. The minimum atomic E-state index is -0.185. The Morgan fingerprint density at radius 3 is 2.57 bits per heavy atom. The van der Waals surface area contributed by atoms with Gasteiger partial charge >= 0.3 is 0 Å². The van der Waals surface area contributed by atoms with Gasteiger partial charge in [-0.3, -0.25) is 4.79 Å². The van der Waals surface area contributed by atoms with Crippen molar-refractivity contribution in [3.05, 3.63) is 29.6 Å². The van der Waals surface area contributed by atoms with Gasteiger partial charge in [-0.05, 0) is 32.6 Å². The van der Waals surface area contributed by atoms with E-state index in [9.17, 15) is 4.79 Å². The van der Waals surface area contributed by atoms with Crippen molar-refractivity contribution in [3.8, 4) is 11.8 Å². The van der Waals surface area contributed by atoms with E-state index in [1.54, 1.807) is 18.3 Å². The maximum Gasteiger partial charge on any atom is 0.272 e. The lowest BCUT2D eigenvalue weighted by Gasteiger charge is -2.23. The fourth-order valence-electron chi connectivity index (χ4n) is 1.80. The molecule has 0 aromatic carbocycles. The van der Waals surface area contributed by atoms with E-state index in [2.05, 4.69) is 28.6 Å². The molecule has 1 heterocycles. The van der Waals surface area contributed by atoms with Crippen LogP contribution in [0, 0.1) is 11.8 Å². The third-order valence-corrected chi connectivity index (χ3v) is 2.89. The monoisotopic (exact) mass is 289 g/mol. The fourth-order valence-corrected chi connectivity index (χ4v) is 1.80. The number of hydrogen-bond acceptors (Lipinski definition) is 4. The maximum absolute atomic E-state index is 12.4. The highest BCUT2D eigenvalue weighted by atomic mass is 16.2. The summed E-state index contributed by atoms with van der Waals surface area (Å²) in [7, 11) is 3.98. The van der Waals surface area contributed by atoms with Crippen LogP contribution in [0.25, 0.3) is 0 Å². The first-order valence-electron chi connectivity index (χ1n) is 7.08. The molecule has 0 saturated carbocycles. The molecule has 0 radical (unpaired) electrons. The molecular formula is C16H23N3O2. The second kappa shape index (κ2) is 9.11. The van der Waals surface area contributed by atoms with Crippen LogP contribution in [0.15, 0.2) is 18.3 Å². The first kappa shape index (κ1) is 17.2. The van der Waals surface area contributed by atoms with Crippen LogP contribution in [-0.4, -0.2) is 66.1 Å². The van der Waals surface area contributed by atoms with Gasteiger partial charge in [-0.15, -0.1) is 0 Å². The Morgan fingerprint density at radius 2 is 2.05 bits per heavy atom. The zero-order chi connectivity index (χ0) is 15.7. The summed E-state index contributed by atoms with van der Waals surface area (Å²) in [6.45, 7) is 4.10. The van der Waals surface area contributed by atoms with Crippen LogP contribution in [0.5, 0.6) is 0 Å². The van der Waals surface area contributed by atoms with Crippen molar-refractivity contribution < 1.29 is 9.90 Å². The van der Waals surface area contributed by atoms with Crippen molar-refractivity contribution in [2.75, 3.05) is 40.3 Å². The lowest BCUT2D eigenvalue weighted by molar-refractivity contribution is 0.0739. The van der Waals surface area contributed by atoms with Gasteiger partial charge in [0.15, 0.2) is 0 Å². The number of pyridine rings is 1.